The lowest BCUT2D eigenvalue weighted by Crippen LogP contribution is -2.29. The van der Waals surface area contributed by atoms with Crippen LogP contribution in [0.4, 0.5) is 0 Å². The van der Waals surface area contributed by atoms with Crippen LogP contribution in [0.2, 0.25) is 0 Å². The van der Waals surface area contributed by atoms with E-state index in [0.717, 1.165) is 12.0 Å². The molecule has 1 aliphatic heterocycles. The van der Waals surface area contributed by atoms with E-state index in [1.165, 1.54) is 6.07 Å². The van der Waals surface area contributed by atoms with Crippen molar-refractivity contribution in [1.29, 1.82) is 0 Å². The maximum atomic E-state index is 12.4. The van der Waals surface area contributed by atoms with E-state index in [9.17, 15) is 9.59 Å². The van der Waals surface area contributed by atoms with Crippen LogP contribution in [0, 0.1) is 12.8 Å². The molecule has 0 radical (unpaired) electrons. The Balaban J connectivity index is 2.15. The van der Waals surface area contributed by atoms with Crippen LogP contribution in [0.15, 0.2) is 18.2 Å². The van der Waals surface area contributed by atoms with Gasteiger partial charge >= 0.3 is 5.97 Å². The quantitative estimate of drug-likeness (QED) is 0.911. The Kier molecular flexibility index (Phi) is 4.39. The standard InChI is InChI=1S/C15H19NO4/c1-10-5-12(7-13(6-10)15(18)19)14(17)16-4-3-11(8-16)9-20-2/h5-7,11H,3-4,8-9H2,1-2H3,(H,18,19). The van der Waals surface area contributed by atoms with Gasteiger partial charge in [0.1, 0.15) is 0 Å². The van der Waals surface area contributed by atoms with Crippen LogP contribution in [-0.2, 0) is 4.74 Å². The first-order valence-corrected chi connectivity index (χ1v) is 6.64. The van der Waals surface area contributed by atoms with Crippen LogP contribution in [0.3, 0.4) is 0 Å². The molecule has 0 saturated carbocycles. The second-order valence-electron chi connectivity index (χ2n) is 5.25. The summed E-state index contributed by atoms with van der Waals surface area (Å²) in [7, 11) is 1.66. The van der Waals surface area contributed by atoms with Crippen LogP contribution in [0.1, 0.15) is 32.7 Å². The maximum Gasteiger partial charge on any atom is 0.335 e. The molecule has 0 aliphatic carbocycles. The van der Waals surface area contributed by atoms with Crippen molar-refractivity contribution in [3.05, 3.63) is 34.9 Å². The molecule has 1 N–H and O–H groups in total. The number of aryl methyl sites for hydroxylation is 1. The predicted molar refractivity (Wildman–Crippen MR) is 74.0 cm³/mol. The summed E-state index contributed by atoms with van der Waals surface area (Å²) in [6.07, 6.45) is 0.928. The number of rotatable bonds is 4. The Hall–Kier alpha value is -1.88. The Morgan fingerprint density at radius 2 is 2.05 bits per heavy atom. The molecular weight excluding hydrogens is 258 g/mol. The molecule has 1 unspecified atom stereocenters. The molecule has 1 heterocycles. The highest BCUT2D eigenvalue weighted by molar-refractivity contribution is 5.98. The van der Waals surface area contributed by atoms with Gasteiger partial charge in [0, 0.05) is 31.7 Å². The van der Waals surface area contributed by atoms with E-state index in [1.54, 1.807) is 31.1 Å². The number of likely N-dealkylation sites (tertiary alicyclic amines) is 1. The van der Waals surface area contributed by atoms with Gasteiger partial charge in [0.2, 0.25) is 0 Å². The minimum absolute atomic E-state index is 0.102. The van der Waals surface area contributed by atoms with Crippen molar-refractivity contribution in [3.63, 3.8) is 0 Å². The summed E-state index contributed by atoms with van der Waals surface area (Å²) in [6.45, 7) is 3.81. The molecule has 1 aliphatic rings. The van der Waals surface area contributed by atoms with E-state index < -0.39 is 5.97 Å². The van der Waals surface area contributed by atoms with Crippen LogP contribution in [0.5, 0.6) is 0 Å². The molecule has 2 rings (SSSR count). The van der Waals surface area contributed by atoms with Gasteiger partial charge in [0.25, 0.3) is 5.91 Å². The molecule has 5 heteroatoms. The number of methoxy groups -OCH3 is 1. The minimum atomic E-state index is -1.01. The molecule has 1 amide bonds. The molecule has 1 saturated heterocycles. The number of hydrogen-bond acceptors (Lipinski definition) is 3. The van der Waals surface area contributed by atoms with Gasteiger partial charge in [-0.05, 0) is 37.1 Å². The van der Waals surface area contributed by atoms with E-state index in [0.29, 0.717) is 31.2 Å². The largest absolute Gasteiger partial charge is 0.478 e. The minimum Gasteiger partial charge on any atom is -0.478 e. The summed E-state index contributed by atoms with van der Waals surface area (Å²) in [5.41, 5.74) is 1.38. The van der Waals surface area contributed by atoms with E-state index in [1.807, 2.05) is 0 Å². The average molecular weight is 277 g/mol. The number of carbonyl (C=O) groups is 2. The maximum absolute atomic E-state index is 12.4. The second kappa shape index (κ2) is 6.05. The molecule has 1 fully saturated rings. The first-order chi connectivity index (χ1) is 9.51. The molecular formula is C15H19NO4. The molecule has 0 spiro atoms. The second-order valence-corrected chi connectivity index (χ2v) is 5.25. The van der Waals surface area contributed by atoms with Crippen molar-refractivity contribution in [2.45, 2.75) is 13.3 Å². The van der Waals surface area contributed by atoms with Crippen molar-refractivity contribution >= 4 is 11.9 Å². The topological polar surface area (TPSA) is 66.8 Å². The predicted octanol–water partition coefficient (Wildman–Crippen LogP) is 1.80. The summed E-state index contributed by atoms with van der Waals surface area (Å²) >= 11 is 0. The smallest absolute Gasteiger partial charge is 0.335 e. The van der Waals surface area contributed by atoms with Crippen LogP contribution >= 0.6 is 0 Å². The zero-order chi connectivity index (χ0) is 14.7. The number of carboxylic acid groups (broad SMARTS) is 1. The summed E-state index contributed by atoms with van der Waals surface area (Å²) in [6, 6.07) is 4.75. The zero-order valence-corrected chi connectivity index (χ0v) is 11.8. The molecule has 0 bridgehead atoms. The van der Waals surface area contributed by atoms with Crippen molar-refractivity contribution in [3.8, 4) is 0 Å². The van der Waals surface area contributed by atoms with Gasteiger partial charge in [-0.2, -0.15) is 0 Å². The number of carbonyl (C=O) groups excluding carboxylic acids is 1. The Bertz CT molecular complexity index is 527. The molecule has 20 heavy (non-hydrogen) atoms. The molecule has 108 valence electrons. The third-order valence-corrected chi connectivity index (χ3v) is 3.55. The third kappa shape index (κ3) is 3.17. The van der Waals surface area contributed by atoms with E-state index in [2.05, 4.69) is 0 Å². The van der Waals surface area contributed by atoms with Gasteiger partial charge < -0.3 is 14.7 Å². The highest BCUT2D eigenvalue weighted by Gasteiger charge is 2.27. The SMILES string of the molecule is COCC1CCN(C(=O)c2cc(C)cc(C(=O)O)c2)C1. The first-order valence-electron chi connectivity index (χ1n) is 6.64. The van der Waals surface area contributed by atoms with Crippen LogP contribution in [-0.4, -0.2) is 48.7 Å². The van der Waals surface area contributed by atoms with Crippen molar-refractivity contribution in [2.24, 2.45) is 5.92 Å². The number of amides is 1. The fourth-order valence-electron chi connectivity index (χ4n) is 2.60. The number of nitrogens with zero attached hydrogens (tertiary/aromatic N) is 1. The third-order valence-electron chi connectivity index (χ3n) is 3.55. The lowest BCUT2D eigenvalue weighted by atomic mass is 10.1. The number of carboxylic acids is 1. The van der Waals surface area contributed by atoms with Gasteiger partial charge in [0.15, 0.2) is 0 Å². The number of aromatic carboxylic acids is 1. The first kappa shape index (κ1) is 14.5. The molecule has 1 aromatic rings. The molecule has 1 aromatic carbocycles. The Labute approximate surface area is 118 Å². The number of hydrogen-bond donors (Lipinski definition) is 1. The Morgan fingerprint density at radius 3 is 2.70 bits per heavy atom. The molecule has 0 aromatic heterocycles. The summed E-state index contributed by atoms with van der Waals surface area (Å²) in [5.74, 6) is -0.746. The van der Waals surface area contributed by atoms with Gasteiger partial charge in [0.05, 0.1) is 12.2 Å². The summed E-state index contributed by atoms with van der Waals surface area (Å²) in [4.78, 5) is 25.2. The van der Waals surface area contributed by atoms with E-state index in [-0.39, 0.29) is 11.5 Å². The van der Waals surface area contributed by atoms with Crippen LogP contribution in [0.25, 0.3) is 0 Å². The lowest BCUT2D eigenvalue weighted by Gasteiger charge is -2.17. The van der Waals surface area contributed by atoms with Crippen LogP contribution < -0.4 is 0 Å². The van der Waals surface area contributed by atoms with Crippen molar-refractivity contribution in [2.75, 3.05) is 26.8 Å². The zero-order valence-electron chi connectivity index (χ0n) is 11.8. The van der Waals surface area contributed by atoms with Gasteiger partial charge in [-0.15, -0.1) is 0 Å². The van der Waals surface area contributed by atoms with Gasteiger partial charge in [-0.3, -0.25) is 4.79 Å². The lowest BCUT2D eigenvalue weighted by molar-refractivity contribution is 0.0696. The van der Waals surface area contributed by atoms with Gasteiger partial charge in [-0.1, -0.05) is 0 Å². The summed E-state index contributed by atoms with van der Waals surface area (Å²) in [5, 5.41) is 9.05. The molecule has 5 nitrogen and oxygen atoms in total. The summed E-state index contributed by atoms with van der Waals surface area (Å²) < 4.78 is 5.11. The van der Waals surface area contributed by atoms with Crippen molar-refractivity contribution < 1.29 is 19.4 Å². The van der Waals surface area contributed by atoms with Crippen molar-refractivity contribution in [1.82, 2.24) is 4.90 Å². The number of benzene rings is 1. The monoisotopic (exact) mass is 277 g/mol. The highest BCUT2D eigenvalue weighted by atomic mass is 16.5. The van der Waals surface area contributed by atoms with E-state index >= 15 is 0 Å². The van der Waals surface area contributed by atoms with Gasteiger partial charge in [-0.25, -0.2) is 4.79 Å². The Morgan fingerprint density at radius 1 is 1.35 bits per heavy atom. The normalized spacial score (nSPS) is 18.3. The fraction of sp³-hybridized carbons (Fsp3) is 0.467. The number of ether oxygens (including phenoxy) is 1. The van der Waals surface area contributed by atoms with E-state index in [4.69, 9.17) is 9.84 Å². The molecule has 1 atom stereocenters. The fourth-order valence-corrected chi connectivity index (χ4v) is 2.60. The average Bonchev–Trinajstić information content (AvgIpc) is 2.86. The highest BCUT2D eigenvalue weighted by Crippen LogP contribution is 2.20.